The first-order valence-corrected chi connectivity index (χ1v) is 4.91. The molecule has 0 radical (unpaired) electrons. The van der Waals surface area contributed by atoms with Gasteiger partial charge in [0, 0.05) is 5.39 Å². The standard InChI is InChI=1S/C12H12N2O2.ClH/c13-14-11-6-5-8(7-12(15)16)9-3-1-2-4-10(9)11;/h1-6,14H,7,13H2,(H,15,16);1H. The average molecular weight is 253 g/mol. The molecule has 0 aromatic heterocycles. The highest BCUT2D eigenvalue weighted by Crippen LogP contribution is 2.26. The maximum atomic E-state index is 10.7. The molecule has 0 atom stereocenters. The Bertz CT molecular complexity index is 543. The van der Waals surface area contributed by atoms with Crippen LogP contribution in [0.25, 0.3) is 10.8 Å². The van der Waals surface area contributed by atoms with Gasteiger partial charge in [-0.2, -0.15) is 0 Å². The van der Waals surface area contributed by atoms with Crippen LogP contribution < -0.4 is 11.3 Å². The molecule has 90 valence electrons. The molecule has 0 amide bonds. The second kappa shape index (κ2) is 5.52. The first-order chi connectivity index (χ1) is 7.72. The van der Waals surface area contributed by atoms with Crippen molar-refractivity contribution in [1.82, 2.24) is 0 Å². The number of hydrazine groups is 1. The van der Waals surface area contributed by atoms with Crippen LogP contribution in [0, 0.1) is 0 Å². The van der Waals surface area contributed by atoms with E-state index in [1.54, 1.807) is 12.1 Å². The fraction of sp³-hybridized carbons (Fsp3) is 0.0833. The fourth-order valence-electron chi connectivity index (χ4n) is 1.80. The van der Waals surface area contributed by atoms with Gasteiger partial charge in [0.1, 0.15) is 0 Å². The van der Waals surface area contributed by atoms with Gasteiger partial charge in [-0.3, -0.25) is 10.6 Å². The number of benzene rings is 2. The zero-order valence-corrected chi connectivity index (χ0v) is 9.83. The number of fused-ring (bicyclic) bond motifs is 1. The van der Waals surface area contributed by atoms with E-state index in [9.17, 15) is 4.79 Å². The van der Waals surface area contributed by atoms with E-state index >= 15 is 0 Å². The zero-order chi connectivity index (χ0) is 11.5. The molecular weight excluding hydrogens is 240 g/mol. The number of hydrogen-bond donors (Lipinski definition) is 3. The summed E-state index contributed by atoms with van der Waals surface area (Å²) >= 11 is 0. The molecule has 4 nitrogen and oxygen atoms in total. The minimum Gasteiger partial charge on any atom is -0.481 e. The Hall–Kier alpha value is -1.78. The highest BCUT2D eigenvalue weighted by Gasteiger charge is 2.07. The van der Waals surface area contributed by atoms with Crippen LogP contribution in [-0.2, 0) is 11.2 Å². The summed E-state index contributed by atoms with van der Waals surface area (Å²) in [5.74, 6) is 4.57. The fourth-order valence-corrected chi connectivity index (χ4v) is 1.80. The number of carboxylic acid groups (broad SMARTS) is 1. The SMILES string of the molecule is Cl.NNc1ccc(CC(=O)O)c2ccccc12. The van der Waals surface area contributed by atoms with Crippen molar-refractivity contribution >= 4 is 34.8 Å². The van der Waals surface area contributed by atoms with Crippen molar-refractivity contribution < 1.29 is 9.90 Å². The molecule has 2 rings (SSSR count). The number of rotatable bonds is 3. The van der Waals surface area contributed by atoms with Crippen LogP contribution in [0.3, 0.4) is 0 Å². The van der Waals surface area contributed by atoms with Crippen molar-refractivity contribution in [2.45, 2.75) is 6.42 Å². The van der Waals surface area contributed by atoms with Crippen LogP contribution in [-0.4, -0.2) is 11.1 Å². The Kier molecular flexibility index (Phi) is 4.31. The third-order valence-electron chi connectivity index (χ3n) is 2.51. The van der Waals surface area contributed by atoms with Crippen molar-refractivity contribution in [3.8, 4) is 0 Å². The molecule has 2 aromatic carbocycles. The van der Waals surface area contributed by atoms with E-state index in [0.717, 1.165) is 22.0 Å². The summed E-state index contributed by atoms with van der Waals surface area (Å²) in [6.45, 7) is 0. The molecule has 0 saturated heterocycles. The van der Waals surface area contributed by atoms with Gasteiger partial charge in [0.25, 0.3) is 0 Å². The first kappa shape index (κ1) is 13.3. The number of anilines is 1. The van der Waals surface area contributed by atoms with Gasteiger partial charge < -0.3 is 10.5 Å². The van der Waals surface area contributed by atoms with Gasteiger partial charge in [0.05, 0.1) is 12.1 Å². The van der Waals surface area contributed by atoms with E-state index in [-0.39, 0.29) is 18.8 Å². The second-order valence-corrected chi connectivity index (χ2v) is 3.53. The lowest BCUT2D eigenvalue weighted by molar-refractivity contribution is -0.136. The van der Waals surface area contributed by atoms with Crippen molar-refractivity contribution in [2.24, 2.45) is 5.84 Å². The van der Waals surface area contributed by atoms with Gasteiger partial charge in [-0.1, -0.05) is 30.3 Å². The molecule has 17 heavy (non-hydrogen) atoms. The van der Waals surface area contributed by atoms with E-state index in [0.29, 0.717) is 0 Å². The van der Waals surface area contributed by atoms with Crippen LogP contribution in [0.15, 0.2) is 36.4 Å². The maximum absolute atomic E-state index is 10.7. The lowest BCUT2D eigenvalue weighted by Gasteiger charge is -2.09. The number of carbonyl (C=O) groups is 1. The second-order valence-electron chi connectivity index (χ2n) is 3.53. The van der Waals surface area contributed by atoms with Crippen LogP contribution in [0.5, 0.6) is 0 Å². The number of nitrogens with two attached hydrogens (primary N) is 1. The molecule has 5 heteroatoms. The number of nitrogens with one attached hydrogen (secondary N) is 1. The topological polar surface area (TPSA) is 75.3 Å². The monoisotopic (exact) mass is 252 g/mol. The summed E-state index contributed by atoms with van der Waals surface area (Å²) in [7, 11) is 0. The minimum atomic E-state index is -0.835. The summed E-state index contributed by atoms with van der Waals surface area (Å²) in [4.78, 5) is 10.7. The number of carboxylic acids is 1. The molecule has 0 aliphatic carbocycles. The molecule has 0 heterocycles. The Morgan fingerprint density at radius 1 is 1.18 bits per heavy atom. The Balaban J connectivity index is 0.00000144. The van der Waals surface area contributed by atoms with Crippen molar-refractivity contribution in [2.75, 3.05) is 5.43 Å². The van der Waals surface area contributed by atoms with Crippen molar-refractivity contribution in [1.29, 1.82) is 0 Å². The van der Waals surface area contributed by atoms with Crippen LogP contribution in [0.4, 0.5) is 5.69 Å². The molecule has 0 fully saturated rings. The first-order valence-electron chi connectivity index (χ1n) is 4.91. The van der Waals surface area contributed by atoms with Gasteiger partial charge in [-0.05, 0) is 17.0 Å². The molecule has 0 aliphatic heterocycles. The number of hydrogen-bond acceptors (Lipinski definition) is 3. The van der Waals surface area contributed by atoms with E-state index < -0.39 is 5.97 Å². The number of aliphatic carboxylic acids is 1. The number of nitrogen functional groups attached to an aromatic ring is 1. The highest BCUT2D eigenvalue weighted by molar-refractivity contribution is 5.97. The van der Waals surface area contributed by atoms with Gasteiger partial charge >= 0.3 is 5.97 Å². The number of halogens is 1. The highest BCUT2D eigenvalue weighted by atomic mass is 35.5. The van der Waals surface area contributed by atoms with E-state index in [2.05, 4.69) is 5.43 Å². The maximum Gasteiger partial charge on any atom is 0.307 e. The largest absolute Gasteiger partial charge is 0.481 e. The van der Waals surface area contributed by atoms with E-state index in [1.807, 2.05) is 24.3 Å². The molecule has 0 spiro atoms. The third kappa shape index (κ3) is 2.67. The van der Waals surface area contributed by atoms with Gasteiger partial charge in [0.15, 0.2) is 0 Å². The van der Waals surface area contributed by atoms with E-state index in [1.165, 1.54) is 0 Å². The molecule has 2 aromatic rings. The van der Waals surface area contributed by atoms with Gasteiger partial charge in [-0.15, -0.1) is 12.4 Å². The predicted octanol–water partition coefficient (Wildman–Crippen LogP) is 2.17. The van der Waals surface area contributed by atoms with Crippen molar-refractivity contribution in [3.05, 3.63) is 42.0 Å². The van der Waals surface area contributed by atoms with Crippen LogP contribution in [0.2, 0.25) is 0 Å². The summed E-state index contributed by atoms with van der Waals surface area (Å²) in [6.07, 6.45) is 0.0192. The van der Waals surface area contributed by atoms with Crippen LogP contribution >= 0.6 is 12.4 Å². The Morgan fingerprint density at radius 2 is 1.82 bits per heavy atom. The lowest BCUT2D eigenvalue weighted by atomic mass is 10.0. The smallest absolute Gasteiger partial charge is 0.307 e. The lowest BCUT2D eigenvalue weighted by Crippen LogP contribution is -2.08. The van der Waals surface area contributed by atoms with E-state index in [4.69, 9.17) is 10.9 Å². The minimum absolute atomic E-state index is 0. The quantitative estimate of drug-likeness (QED) is 0.578. The molecule has 0 aliphatic rings. The normalized spacial score (nSPS) is 9.71. The average Bonchev–Trinajstić information content (AvgIpc) is 2.29. The molecule has 0 saturated carbocycles. The summed E-state index contributed by atoms with van der Waals surface area (Å²) in [6, 6.07) is 11.2. The third-order valence-corrected chi connectivity index (χ3v) is 2.51. The molecule has 0 bridgehead atoms. The Morgan fingerprint density at radius 3 is 2.41 bits per heavy atom. The summed E-state index contributed by atoms with van der Waals surface area (Å²) < 4.78 is 0. The molecule has 4 N–H and O–H groups in total. The predicted molar refractivity (Wildman–Crippen MR) is 70.3 cm³/mol. The Labute approximate surface area is 105 Å². The van der Waals surface area contributed by atoms with Gasteiger partial charge in [0.2, 0.25) is 0 Å². The van der Waals surface area contributed by atoms with Crippen LogP contribution in [0.1, 0.15) is 5.56 Å². The summed E-state index contributed by atoms with van der Waals surface area (Å²) in [5.41, 5.74) is 4.19. The van der Waals surface area contributed by atoms with Gasteiger partial charge in [-0.25, -0.2) is 0 Å². The summed E-state index contributed by atoms with van der Waals surface area (Å²) in [5, 5.41) is 10.7. The zero-order valence-electron chi connectivity index (χ0n) is 9.01. The van der Waals surface area contributed by atoms with Crippen molar-refractivity contribution in [3.63, 3.8) is 0 Å². The molecular formula is C12H13ClN2O2. The molecule has 0 unspecified atom stereocenters.